The van der Waals surface area contributed by atoms with Crippen LogP contribution in [0.15, 0.2) is 0 Å². The Labute approximate surface area is 105 Å². The smallest absolute Gasteiger partial charge is 0.0774 e. The first-order valence-corrected chi connectivity index (χ1v) is 7.28. The molecular weight excluding hydrogens is 212 g/mol. The molecule has 0 radical (unpaired) electrons. The molecule has 1 saturated carbocycles. The SMILES string of the molecule is CC1CCN(CC2(O)CCCCC2)CC1CN. The summed E-state index contributed by atoms with van der Waals surface area (Å²) in [5, 5.41) is 10.6. The normalized spacial score (nSPS) is 34.8. The van der Waals surface area contributed by atoms with Gasteiger partial charge in [-0.3, -0.25) is 0 Å². The molecule has 2 fully saturated rings. The van der Waals surface area contributed by atoms with Crippen LogP contribution in [0.1, 0.15) is 45.4 Å². The van der Waals surface area contributed by atoms with Gasteiger partial charge in [-0.15, -0.1) is 0 Å². The topological polar surface area (TPSA) is 49.5 Å². The Kier molecular flexibility index (Phi) is 4.45. The number of hydrogen-bond donors (Lipinski definition) is 2. The van der Waals surface area contributed by atoms with E-state index in [1.165, 1.54) is 25.7 Å². The second kappa shape index (κ2) is 5.68. The number of likely N-dealkylation sites (tertiary alicyclic amines) is 1. The van der Waals surface area contributed by atoms with Crippen LogP contribution in [-0.2, 0) is 0 Å². The third-order valence-electron chi connectivity index (χ3n) is 4.80. The van der Waals surface area contributed by atoms with E-state index in [0.717, 1.165) is 44.9 Å². The lowest BCUT2D eigenvalue weighted by Gasteiger charge is -2.42. The van der Waals surface area contributed by atoms with Gasteiger partial charge in [0.25, 0.3) is 0 Å². The fraction of sp³-hybridized carbons (Fsp3) is 1.00. The molecule has 2 atom stereocenters. The van der Waals surface area contributed by atoms with Crippen LogP contribution in [0.3, 0.4) is 0 Å². The molecule has 2 unspecified atom stereocenters. The van der Waals surface area contributed by atoms with Gasteiger partial charge in [0.15, 0.2) is 0 Å². The Balaban J connectivity index is 1.86. The second-order valence-corrected chi connectivity index (χ2v) is 6.28. The maximum absolute atomic E-state index is 10.6. The van der Waals surface area contributed by atoms with Gasteiger partial charge in [0.1, 0.15) is 0 Å². The molecular formula is C14H28N2O. The molecule has 2 aliphatic rings. The first kappa shape index (κ1) is 13.3. The van der Waals surface area contributed by atoms with Crippen LogP contribution in [-0.4, -0.2) is 41.8 Å². The highest BCUT2D eigenvalue weighted by Crippen LogP contribution is 2.31. The molecule has 2 rings (SSSR count). The van der Waals surface area contributed by atoms with Gasteiger partial charge in [-0.25, -0.2) is 0 Å². The number of nitrogens with two attached hydrogens (primary N) is 1. The summed E-state index contributed by atoms with van der Waals surface area (Å²) in [5.74, 6) is 1.37. The van der Waals surface area contributed by atoms with E-state index in [-0.39, 0.29) is 0 Å². The highest BCUT2D eigenvalue weighted by molar-refractivity contribution is 4.88. The lowest BCUT2D eigenvalue weighted by atomic mass is 9.82. The number of piperidine rings is 1. The van der Waals surface area contributed by atoms with Gasteiger partial charge >= 0.3 is 0 Å². The van der Waals surface area contributed by atoms with E-state index in [9.17, 15) is 5.11 Å². The molecule has 1 aliphatic carbocycles. The summed E-state index contributed by atoms with van der Waals surface area (Å²) in [7, 11) is 0. The average molecular weight is 240 g/mol. The van der Waals surface area contributed by atoms with Crippen molar-refractivity contribution in [3.05, 3.63) is 0 Å². The number of hydrogen-bond acceptors (Lipinski definition) is 3. The fourth-order valence-electron chi connectivity index (χ4n) is 3.46. The minimum Gasteiger partial charge on any atom is -0.389 e. The highest BCUT2D eigenvalue weighted by Gasteiger charge is 2.34. The summed E-state index contributed by atoms with van der Waals surface area (Å²) < 4.78 is 0. The van der Waals surface area contributed by atoms with E-state index in [0.29, 0.717) is 5.92 Å². The molecule has 100 valence electrons. The van der Waals surface area contributed by atoms with Crippen molar-refractivity contribution in [2.24, 2.45) is 17.6 Å². The predicted molar refractivity (Wildman–Crippen MR) is 70.8 cm³/mol. The Morgan fingerprint density at radius 2 is 2.00 bits per heavy atom. The van der Waals surface area contributed by atoms with Crippen molar-refractivity contribution in [3.8, 4) is 0 Å². The summed E-state index contributed by atoms with van der Waals surface area (Å²) in [6, 6.07) is 0. The van der Waals surface area contributed by atoms with Crippen LogP contribution < -0.4 is 5.73 Å². The maximum Gasteiger partial charge on any atom is 0.0774 e. The molecule has 0 bridgehead atoms. The van der Waals surface area contributed by atoms with Crippen LogP contribution in [0.4, 0.5) is 0 Å². The van der Waals surface area contributed by atoms with Crippen molar-refractivity contribution >= 4 is 0 Å². The van der Waals surface area contributed by atoms with Crippen LogP contribution in [0.5, 0.6) is 0 Å². The lowest BCUT2D eigenvalue weighted by molar-refractivity contribution is -0.0383. The van der Waals surface area contributed by atoms with Gasteiger partial charge in [-0.1, -0.05) is 26.2 Å². The number of nitrogens with zero attached hydrogens (tertiary/aromatic N) is 1. The second-order valence-electron chi connectivity index (χ2n) is 6.28. The predicted octanol–water partition coefficient (Wildman–Crippen LogP) is 1.60. The van der Waals surface area contributed by atoms with Gasteiger partial charge in [-0.2, -0.15) is 0 Å². The maximum atomic E-state index is 10.6. The fourth-order valence-corrected chi connectivity index (χ4v) is 3.46. The number of rotatable bonds is 3. The third kappa shape index (κ3) is 3.43. The summed E-state index contributed by atoms with van der Waals surface area (Å²) in [4.78, 5) is 2.45. The zero-order valence-electron chi connectivity index (χ0n) is 11.2. The molecule has 3 N–H and O–H groups in total. The quantitative estimate of drug-likeness (QED) is 0.788. The van der Waals surface area contributed by atoms with Gasteiger partial charge in [0.05, 0.1) is 5.60 Å². The van der Waals surface area contributed by atoms with E-state index in [4.69, 9.17) is 5.73 Å². The molecule has 1 aliphatic heterocycles. The zero-order valence-corrected chi connectivity index (χ0v) is 11.2. The summed E-state index contributed by atoms with van der Waals surface area (Å²) >= 11 is 0. The first-order chi connectivity index (χ1) is 8.13. The van der Waals surface area contributed by atoms with E-state index in [1.807, 2.05) is 0 Å². The van der Waals surface area contributed by atoms with Gasteiger partial charge in [0, 0.05) is 13.1 Å². The van der Waals surface area contributed by atoms with Crippen LogP contribution in [0.2, 0.25) is 0 Å². The van der Waals surface area contributed by atoms with Crippen molar-refractivity contribution in [1.29, 1.82) is 0 Å². The number of β-amino-alcohol motifs (C(OH)–C–C–N with tert-alkyl or cyclic N) is 1. The molecule has 3 nitrogen and oxygen atoms in total. The molecule has 3 heteroatoms. The molecule has 1 heterocycles. The van der Waals surface area contributed by atoms with E-state index in [1.54, 1.807) is 0 Å². The van der Waals surface area contributed by atoms with E-state index in [2.05, 4.69) is 11.8 Å². The van der Waals surface area contributed by atoms with Crippen LogP contribution >= 0.6 is 0 Å². The molecule has 0 spiro atoms. The largest absolute Gasteiger partial charge is 0.389 e. The van der Waals surface area contributed by atoms with Crippen molar-refractivity contribution in [2.45, 2.75) is 51.0 Å². The lowest BCUT2D eigenvalue weighted by Crippen LogP contribution is -2.50. The molecule has 0 amide bonds. The van der Waals surface area contributed by atoms with Crippen molar-refractivity contribution in [3.63, 3.8) is 0 Å². The third-order valence-corrected chi connectivity index (χ3v) is 4.80. The monoisotopic (exact) mass is 240 g/mol. The summed E-state index contributed by atoms with van der Waals surface area (Å²) in [6.45, 7) is 6.19. The van der Waals surface area contributed by atoms with Crippen molar-refractivity contribution in [2.75, 3.05) is 26.2 Å². The molecule has 17 heavy (non-hydrogen) atoms. The molecule has 0 aromatic heterocycles. The van der Waals surface area contributed by atoms with Crippen molar-refractivity contribution < 1.29 is 5.11 Å². The highest BCUT2D eigenvalue weighted by atomic mass is 16.3. The first-order valence-electron chi connectivity index (χ1n) is 7.28. The van der Waals surface area contributed by atoms with Gasteiger partial charge < -0.3 is 15.7 Å². The molecule has 0 aromatic rings. The van der Waals surface area contributed by atoms with Gasteiger partial charge in [0.2, 0.25) is 0 Å². The Bertz CT molecular complexity index is 238. The van der Waals surface area contributed by atoms with E-state index < -0.39 is 5.60 Å². The van der Waals surface area contributed by atoms with E-state index >= 15 is 0 Å². The average Bonchev–Trinajstić information content (AvgIpc) is 2.32. The Morgan fingerprint density at radius 3 is 2.65 bits per heavy atom. The zero-order chi connectivity index (χ0) is 12.3. The van der Waals surface area contributed by atoms with Gasteiger partial charge in [-0.05, 0) is 44.2 Å². The van der Waals surface area contributed by atoms with Crippen molar-refractivity contribution in [1.82, 2.24) is 4.90 Å². The summed E-state index contributed by atoms with van der Waals surface area (Å²) in [6.07, 6.45) is 6.91. The number of aliphatic hydroxyl groups is 1. The van der Waals surface area contributed by atoms with Crippen LogP contribution in [0, 0.1) is 11.8 Å². The standard InChI is InChI=1S/C14H28N2O/c1-12-5-8-16(10-13(12)9-15)11-14(17)6-3-2-4-7-14/h12-13,17H,2-11,15H2,1H3. The summed E-state index contributed by atoms with van der Waals surface area (Å²) in [5.41, 5.74) is 5.43. The minimum absolute atomic E-state index is 0.405. The molecule has 0 aromatic carbocycles. The van der Waals surface area contributed by atoms with Crippen LogP contribution in [0.25, 0.3) is 0 Å². The molecule has 1 saturated heterocycles. The Hall–Kier alpha value is -0.120. The minimum atomic E-state index is -0.405. The Morgan fingerprint density at radius 1 is 1.29 bits per heavy atom.